The molecule has 0 unspecified atom stereocenters. The van der Waals surface area contributed by atoms with Crippen molar-refractivity contribution < 1.29 is 0 Å². The van der Waals surface area contributed by atoms with E-state index in [-0.39, 0.29) is 5.28 Å². The molecule has 0 fully saturated rings. The monoisotopic (exact) mass is 363 g/mol. The van der Waals surface area contributed by atoms with Crippen molar-refractivity contribution >= 4 is 79.5 Å². The number of hydrogen-bond acceptors (Lipinski definition) is 4. The van der Waals surface area contributed by atoms with Crippen LogP contribution >= 0.6 is 57.7 Å². The maximum absolute atomic E-state index is 6.14. The van der Waals surface area contributed by atoms with Crippen molar-refractivity contribution in [1.29, 1.82) is 0 Å². The van der Waals surface area contributed by atoms with Gasteiger partial charge in [0.2, 0.25) is 5.28 Å². The summed E-state index contributed by atoms with van der Waals surface area (Å²) in [7, 11) is 0. The Morgan fingerprint density at radius 1 is 0.950 bits per heavy atom. The van der Waals surface area contributed by atoms with Crippen LogP contribution in [0.15, 0.2) is 23.6 Å². The third-order valence-electron chi connectivity index (χ3n) is 2.56. The van der Waals surface area contributed by atoms with Crippen LogP contribution in [0.25, 0.3) is 10.2 Å². The van der Waals surface area contributed by atoms with Crippen LogP contribution < -0.4 is 5.32 Å². The van der Waals surface area contributed by atoms with Crippen molar-refractivity contribution in [3.05, 3.63) is 43.9 Å². The molecule has 20 heavy (non-hydrogen) atoms. The maximum atomic E-state index is 6.14. The summed E-state index contributed by atoms with van der Waals surface area (Å²) in [6.45, 7) is 0. The molecular weight excluding hydrogens is 360 g/mol. The fourth-order valence-corrected chi connectivity index (χ4v) is 3.25. The van der Waals surface area contributed by atoms with Gasteiger partial charge in [-0.1, -0.05) is 34.8 Å². The van der Waals surface area contributed by atoms with Gasteiger partial charge in [0.05, 0.1) is 26.1 Å². The Balaban J connectivity index is 2.09. The average molecular weight is 365 g/mol. The summed E-state index contributed by atoms with van der Waals surface area (Å²) in [6, 6.07) is 5.12. The number of nitrogens with zero attached hydrogens (tertiary/aromatic N) is 2. The van der Waals surface area contributed by atoms with Crippen LogP contribution in [-0.2, 0) is 0 Å². The van der Waals surface area contributed by atoms with Crippen molar-refractivity contribution in [2.45, 2.75) is 0 Å². The van der Waals surface area contributed by atoms with E-state index in [1.54, 1.807) is 12.1 Å². The molecule has 0 bridgehead atoms. The molecule has 1 N–H and O–H groups in total. The fourth-order valence-electron chi connectivity index (χ4n) is 1.67. The second-order valence-corrected chi connectivity index (χ2v) is 6.31. The number of halogens is 4. The summed E-state index contributed by atoms with van der Waals surface area (Å²) in [5.41, 5.74) is 0.600. The van der Waals surface area contributed by atoms with E-state index < -0.39 is 0 Å². The van der Waals surface area contributed by atoms with Gasteiger partial charge >= 0.3 is 0 Å². The quantitative estimate of drug-likeness (QED) is 0.444. The molecule has 0 aliphatic carbocycles. The Morgan fingerprint density at radius 2 is 1.70 bits per heavy atom. The topological polar surface area (TPSA) is 37.8 Å². The molecule has 0 saturated carbocycles. The van der Waals surface area contributed by atoms with Gasteiger partial charge in [0.15, 0.2) is 0 Å². The van der Waals surface area contributed by atoms with Gasteiger partial charge in [-0.25, -0.2) is 4.98 Å². The van der Waals surface area contributed by atoms with Crippen molar-refractivity contribution in [2.24, 2.45) is 0 Å². The van der Waals surface area contributed by atoms with Crippen LogP contribution in [0.4, 0.5) is 11.5 Å². The highest BCUT2D eigenvalue weighted by atomic mass is 35.5. The molecule has 102 valence electrons. The average Bonchev–Trinajstić information content (AvgIpc) is 2.84. The highest BCUT2D eigenvalue weighted by Crippen LogP contribution is 2.35. The molecule has 0 spiro atoms. The molecule has 1 aromatic carbocycles. The first-order valence-corrected chi connectivity index (χ1v) is 7.76. The zero-order valence-electron chi connectivity index (χ0n) is 9.62. The van der Waals surface area contributed by atoms with Crippen LogP contribution in [0.1, 0.15) is 0 Å². The number of rotatable bonds is 2. The molecule has 0 aliphatic heterocycles. The molecule has 3 aromatic rings. The summed E-state index contributed by atoms with van der Waals surface area (Å²) in [5, 5.41) is 7.29. The van der Waals surface area contributed by atoms with Crippen LogP contribution in [0.3, 0.4) is 0 Å². The lowest BCUT2D eigenvalue weighted by molar-refractivity contribution is 1.23. The van der Waals surface area contributed by atoms with Crippen LogP contribution in [0, 0.1) is 0 Å². The summed E-state index contributed by atoms with van der Waals surface area (Å²) in [4.78, 5) is 9.12. The predicted octanol–water partition coefficient (Wildman–Crippen LogP) is 6.05. The van der Waals surface area contributed by atoms with E-state index >= 15 is 0 Å². The zero-order chi connectivity index (χ0) is 14.3. The van der Waals surface area contributed by atoms with E-state index in [1.165, 1.54) is 11.3 Å². The van der Waals surface area contributed by atoms with E-state index in [4.69, 9.17) is 46.4 Å². The molecule has 2 heterocycles. The number of anilines is 2. The number of nitrogens with one attached hydrogen (secondary N) is 1. The second kappa shape index (κ2) is 5.54. The largest absolute Gasteiger partial charge is 0.338 e. The minimum absolute atomic E-state index is 0.165. The molecule has 2 aromatic heterocycles. The van der Waals surface area contributed by atoms with Crippen molar-refractivity contribution in [2.75, 3.05) is 5.32 Å². The standard InChI is InChI=1S/C12H5Cl4N3S/c13-6-3-8(15)9(4-7(6)14)17-10-5-1-2-20-11(5)19-12(16)18-10/h1-4H,(H,17,18,19). The van der Waals surface area contributed by atoms with E-state index in [0.717, 1.165) is 10.2 Å². The van der Waals surface area contributed by atoms with Gasteiger partial charge in [0.1, 0.15) is 10.6 Å². The van der Waals surface area contributed by atoms with Gasteiger partial charge in [0, 0.05) is 0 Å². The molecule has 3 rings (SSSR count). The lowest BCUT2D eigenvalue weighted by atomic mass is 10.3. The van der Waals surface area contributed by atoms with E-state index in [0.29, 0.717) is 26.6 Å². The Hall–Kier alpha value is -0.780. The Labute approximate surface area is 138 Å². The summed E-state index contributed by atoms with van der Waals surface area (Å²) in [6.07, 6.45) is 0. The van der Waals surface area contributed by atoms with Gasteiger partial charge in [-0.3, -0.25) is 0 Å². The number of thiophene rings is 1. The SMILES string of the molecule is Clc1nc(Nc2cc(Cl)c(Cl)cc2Cl)c2ccsc2n1. The first kappa shape index (κ1) is 14.2. The number of benzene rings is 1. The fraction of sp³-hybridized carbons (Fsp3) is 0. The van der Waals surface area contributed by atoms with E-state index in [9.17, 15) is 0 Å². The van der Waals surface area contributed by atoms with Crippen molar-refractivity contribution in [1.82, 2.24) is 9.97 Å². The van der Waals surface area contributed by atoms with Gasteiger partial charge in [-0.2, -0.15) is 4.98 Å². The molecule has 0 atom stereocenters. The molecule has 8 heteroatoms. The number of aromatic nitrogens is 2. The van der Waals surface area contributed by atoms with Gasteiger partial charge in [0.25, 0.3) is 0 Å². The maximum Gasteiger partial charge on any atom is 0.225 e. The predicted molar refractivity (Wildman–Crippen MR) is 87.2 cm³/mol. The third kappa shape index (κ3) is 2.67. The lowest BCUT2D eigenvalue weighted by Crippen LogP contribution is -1.96. The highest BCUT2D eigenvalue weighted by Gasteiger charge is 2.11. The smallest absolute Gasteiger partial charge is 0.225 e. The number of fused-ring (bicyclic) bond motifs is 1. The molecule has 0 saturated heterocycles. The zero-order valence-corrected chi connectivity index (χ0v) is 13.5. The molecule has 0 radical (unpaired) electrons. The second-order valence-electron chi connectivity index (χ2n) is 3.85. The van der Waals surface area contributed by atoms with Crippen LogP contribution in [0.5, 0.6) is 0 Å². The molecule has 3 nitrogen and oxygen atoms in total. The summed E-state index contributed by atoms with van der Waals surface area (Å²) >= 11 is 25.4. The third-order valence-corrected chi connectivity index (χ3v) is 4.57. The molecule has 0 aliphatic rings. The first-order chi connectivity index (χ1) is 9.54. The van der Waals surface area contributed by atoms with Crippen molar-refractivity contribution in [3.63, 3.8) is 0 Å². The van der Waals surface area contributed by atoms with Gasteiger partial charge in [-0.05, 0) is 35.2 Å². The van der Waals surface area contributed by atoms with E-state index in [2.05, 4.69) is 15.3 Å². The Kier molecular flexibility index (Phi) is 3.93. The summed E-state index contributed by atoms with van der Waals surface area (Å²) < 4.78 is 0. The minimum Gasteiger partial charge on any atom is -0.338 e. The Bertz CT molecular complexity index is 803. The van der Waals surface area contributed by atoms with Crippen LogP contribution in [0.2, 0.25) is 20.4 Å². The molecular formula is C12H5Cl4N3S. The van der Waals surface area contributed by atoms with Crippen molar-refractivity contribution in [3.8, 4) is 0 Å². The highest BCUT2D eigenvalue weighted by molar-refractivity contribution is 7.16. The normalized spacial score (nSPS) is 11.0. The van der Waals surface area contributed by atoms with Gasteiger partial charge < -0.3 is 5.32 Å². The lowest BCUT2D eigenvalue weighted by Gasteiger charge is -2.10. The summed E-state index contributed by atoms with van der Waals surface area (Å²) in [5.74, 6) is 0.571. The molecule has 0 amide bonds. The number of hydrogen-bond donors (Lipinski definition) is 1. The van der Waals surface area contributed by atoms with Gasteiger partial charge in [-0.15, -0.1) is 11.3 Å². The minimum atomic E-state index is 0.165. The Morgan fingerprint density at radius 3 is 2.50 bits per heavy atom. The van der Waals surface area contributed by atoms with E-state index in [1.807, 2.05) is 11.4 Å². The first-order valence-electron chi connectivity index (χ1n) is 5.37. The van der Waals surface area contributed by atoms with Crippen LogP contribution in [-0.4, -0.2) is 9.97 Å².